The van der Waals surface area contributed by atoms with Crippen molar-refractivity contribution >= 4 is 23.1 Å². The van der Waals surface area contributed by atoms with E-state index in [-0.39, 0.29) is 11.6 Å². The van der Waals surface area contributed by atoms with Gasteiger partial charge in [0.2, 0.25) is 0 Å². The van der Waals surface area contributed by atoms with E-state index >= 15 is 0 Å². The van der Waals surface area contributed by atoms with E-state index in [1.165, 1.54) is 0 Å². The molecule has 4 nitrogen and oxygen atoms in total. The molecule has 126 valence electrons. The van der Waals surface area contributed by atoms with Crippen molar-refractivity contribution in [3.05, 3.63) is 71.0 Å². The summed E-state index contributed by atoms with van der Waals surface area (Å²) in [4.78, 5) is 17.8. The Kier molecular flexibility index (Phi) is 6.12. The van der Waals surface area contributed by atoms with Crippen LogP contribution in [0.3, 0.4) is 0 Å². The molecule has 0 fully saturated rings. The lowest BCUT2D eigenvalue weighted by Crippen LogP contribution is -2.24. The standard InChI is InChI=1S/C19H21ClN2O2/c1-4-18(22(3)12-14-8-10-15(20)11-9-14)17-7-5-6-16(21-17)13(2)19(23)24/h5-11,18H,2,4,12H2,1,3H3,(H,23,24). The fourth-order valence-electron chi connectivity index (χ4n) is 2.65. The van der Waals surface area contributed by atoms with Crippen LogP contribution in [0.1, 0.15) is 36.3 Å². The van der Waals surface area contributed by atoms with Gasteiger partial charge in [-0.05, 0) is 43.3 Å². The second kappa shape index (κ2) is 8.08. The molecule has 0 bridgehead atoms. The van der Waals surface area contributed by atoms with Crippen molar-refractivity contribution in [1.29, 1.82) is 0 Å². The van der Waals surface area contributed by atoms with Crippen LogP contribution in [0.25, 0.3) is 5.57 Å². The molecule has 0 amide bonds. The Balaban J connectivity index is 2.20. The summed E-state index contributed by atoms with van der Waals surface area (Å²) in [6.07, 6.45) is 0.861. The summed E-state index contributed by atoms with van der Waals surface area (Å²) >= 11 is 5.93. The SMILES string of the molecule is C=C(C(=O)O)c1cccc(C(CC)N(C)Cc2ccc(Cl)cc2)n1. The molecule has 0 aliphatic carbocycles. The summed E-state index contributed by atoms with van der Waals surface area (Å²) in [6, 6.07) is 13.3. The number of hydrogen-bond acceptors (Lipinski definition) is 3. The molecular weight excluding hydrogens is 324 g/mol. The zero-order valence-corrected chi connectivity index (χ0v) is 14.6. The molecule has 0 saturated carbocycles. The Labute approximate surface area is 147 Å². The van der Waals surface area contributed by atoms with Crippen LogP contribution in [0.2, 0.25) is 5.02 Å². The molecule has 2 rings (SSSR count). The van der Waals surface area contributed by atoms with Crippen molar-refractivity contribution in [2.45, 2.75) is 25.9 Å². The van der Waals surface area contributed by atoms with E-state index in [0.717, 1.165) is 29.2 Å². The quantitative estimate of drug-likeness (QED) is 0.755. The number of pyridine rings is 1. The Morgan fingerprint density at radius 2 is 1.96 bits per heavy atom. The Bertz CT molecular complexity index is 728. The van der Waals surface area contributed by atoms with Gasteiger partial charge in [-0.15, -0.1) is 0 Å². The second-order valence-electron chi connectivity index (χ2n) is 5.70. The van der Waals surface area contributed by atoms with E-state index in [1.54, 1.807) is 6.07 Å². The van der Waals surface area contributed by atoms with Gasteiger partial charge in [-0.1, -0.05) is 43.3 Å². The van der Waals surface area contributed by atoms with Crippen LogP contribution in [-0.2, 0) is 11.3 Å². The van der Waals surface area contributed by atoms with Gasteiger partial charge in [-0.3, -0.25) is 9.88 Å². The number of aromatic nitrogens is 1. The minimum absolute atomic E-state index is 0.00653. The summed E-state index contributed by atoms with van der Waals surface area (Å²) in [7, 11) is 2.03. The Morgan fingerprint density at radius 1 is 1.29 bits per heavy atom. The van der Waals surface area contributed by atoms with Gasteiger partial charge in [0.1, 0.15) is 0 Å². The van der Waals surface area contributed by atoms with Gasteiger partial charge < -0.3 is 5.11 Å². The molecule has 0 saturated heterocycles. The molecule has 1 heterocycles. The molecule has 24 heavy (non-hydrogen) atoms. The zero-order valence-electron chi connectivity index (χ0n) is 13.9. The summed E-state index contributed by atoms with van der Waals surface area (Å²) in [6.45, 7) is 6.42. The third kappa shape index (κ3) is 4.43. The maximum Gasteiger partial charge on any atom is 0.337 e. The predicted molar refractivity (Wildman–Crippen MR) is 96.9 cm³/mol. The lowest BCUT2D eigenvalue weighted by atomic mass is 10.1. The number of benzene rings is 1. The second-order valence-corrected chi connectivity index (χ2v) is 6.13. The molecular formula is C19H21ClN2O2. The number of carboxylic acid groups (broad SMARTS) is 1. The van der Waals surface area contributed by atoms with Crippen molar-refractivity contribution < 1.29 is 9.90 Å². The van der Waals surface area contributed by atoms with E-state index in [0.29, 0.717) is 5.69 Å². The zero-order chi connectivity index (χ0) is 17.7. The van der Waals surface area contributed by atoms with Crippen molar-refractivity contribution in [1.82, 2.24) is 9.88 Å². The monoisotopic (exact) mass is 344 g/mol. The van der Waals surface area contributed by atoms with Gasteiger partial charge in [0.15, 0.2) is 0 Å². The summed E-state index contributed by atoms with van der Waals surface area (Å²) in [5, 5.41) is 9.81. The van der Waals surface area contributed by atoms with Crippen molar-refractivity contribution in [3.8, 4) is 0 Å². The lowest BCUT2D eigenvalue weighted by molar-refractivity contribution is -0.130. The molecule has 0 spiro atoms. The molecule has 0 radical (unpaired) electrons. The number of aliphatic carboxylic acids is 1. The highest BCUT2D eigenvalue weighted by Crippen LogP contribution is 2.24. The van der Waals surface area contributed by atoms with Crippen LogP contribution >= 0.6 is 11.6 Å². The lowest BCUT2D eigenvalue weighted by Gasteiger charge is -2.27. The molecule has 1 unspecified atom stereocenters. The van der Waals surface area contributed by atoms with E-state index in [9.17, 15) is 4.79 Å². The smallest absolute Gasteiger partial charge is 0.337 e. The highest BCUT2D eigenvalue weighted by Gasteiger charge is 2.18. The fraction of sp³-hybridized carbons (Fsp3) is 0.263. The van der Waals surface area contributed by atoms with Crippen molar-refractivity contribution in [2.24, 2.45) is 0 Å². The van der Waals surface area contributed by atoms with Crippen molar-refractivity contribution in [2.75, 3.05) is 7.05 Å². The van der Waals surface area contributed by atoms with Crippen LogP contribution < -0.4 is 0 Å². The first kappa shape index (κ1) is 18.2. The molecule has 0 aliphatic rings. The van der Waals surface area contributed by atoms with Crippen LogP contribution in [0, 0.1) is 0 Å². The van der Waals surface area contributed by atoms with Gasteiger partial charge in [-0.25, -0.2) is 4.79 Å². The average Bonchev–Trinajstić information content (AvgIpc) is 2.57. The Morgan fingerprint density at radius 3 is 2.54 bits per heavy atom. The van der Waals surface area contributed by atoms with Gasteiger partial charge in [0.25, 0.3) is 0 Å². The molecule has 5 heteroatoms. The predicted octanol–water partition coefficient (Wildman–Crippen LogP) is 4.42. The topological polar surface area (TPSA) is 53.4 Å². The normalized spacial score (nSPS) is 12.2. The molecule has 0 aliphatic heterocycles. The van der Waals surface area contributed by atoms with Gasteiger partial charge >= 0.3 is 5.97 Å². The fourth-order valence-corrected chi connectivity index (χ4v) is 2.78. The number of nitrogens with zero attached hydrogens (tertiary/aromatic N) is 2. The van der Waals surface area contributed by atoms with E-state index in [2.05, 4.69) is 23.4 Å². The van der Waals surface area contributed by atoms with Gasteiger partial charge in [0, 0.05) is 11.6 Å². The van der Waals surface area contributed by atoms with Crippen molar-refractivity contribution in [3.63, 3.8) is 0 Å². The van der Waals surface area contributed by atoms with Crippen LogP contribution in [-0.4, -0.2) is 28.0 Å². The van der Waals surface area contributed by atoms with Crippen LogP contribution in [0.4, 0.5) is 0 Å². The highest BCUT2D eigenvalue weighted by atomic mass is 35.5. The summed E-state index contributed by atoms with van der Waals surface area (Å²) in [5.74, 6) is -1.05. The Hall–Kier alpha value is -2.17. The molecule has 2 aromatic rings. The first-order chi connectivity index (χ1) is 11.4. The average molecular weight is 345 g/mol. The van der Waals surface area contributed by atoms with Crippen LogP contribution in [0.15, 0.2) is 49.0 Å². The number of carboxylic acids is 1. The number of hydrogen-bond donors (Lipinski definition) is 1. The third-order valence-corrected chi connectivity index (χ3v) is 4.20. The maximum atomic E-state index is 11.1. The minimum atomic E-state index is -1.05. The van der Waals surface area contributed by atoms with Crippen LogP contribution in [0.5, 0.6) is 0 Å². The number of halogens is 1. The molecule has 1 aromatic heterocycles. The third-order valence-electron chi connectivity index (χ3n) is 3.94. The van der Waals surface area contributed by atoms with E-state index in [4.69, 9.17) is 16.7 Å². The molecule has 1 N–H and O–H groups in total. The largest absolute Gasteiger partial charge is 0.478 e. The van der Waals surface area contributed by atoms with Gasteiger partial charge in [0.05, 0.1) is 23.0 Å². The molecule has 1 aromatic carbocycles. The van der Waals surface area contributed by atoms with Gasteiger partial charge in [-0.2, -0.15) is 0 Å². The number of rotatable bonds is 7. The summed E-state index contributed by atoms with van der Waals surface area (Å²) < 4.78 is 0. The summed E-state index contributed by atoms with van der Waals surface area (Å²) in [5.41, 5.74) is 2.41. The first-order valence-corrected chi connectivity index (χ1v) is 8.14. The van der Waals surface area contributed by atoms with E-state index in [1.807, 2.05) is 43.4 Å². The minimum Gasteiger partial charge on any atom is -0.478 e. The molecule has 1 atom stereocenters. The number of carbonyl (C=O) groups is 1. The van der Waals surface area contributed by atoms with E-state index < -0.39 is 5.97 Å². The maximum absolute atomic E-state index is 11.1. The first-order valence-electron chi connectivity index (χ1n) is 7.76. The highest BCUT2D eigenvalue weighted by molar-refractivity contribution is 6.30.